The first-order valence-corrected chi connectivity index (χ1v) is 7.13. The van der Waals surface area contributed by atoms with Crippen LogP contribution in [0.15, 0.2) is 36.5 Å². The molecule has 0 amide bonds. The Kier molecular flexibility index (Phi) is 4.24. The third kappa shape index (κ3) is 2.95. The van der Waals surface area contributed by atoms with Crippen LogP contribution in [0.1, 0.15) is 23.7 Å². The maximum Gasteiger partial charge on any atom is 0.161 e. The smallest absolute Gasteiger partial charge is 0.161 e. The topological polar surface area (TPSA) is 69.4 Å². The van der Waals surface area contributed by atoms with Crippen LogP contribution < -0.4 is 20.7 Å². The Bertz CT molecular complexity index is 636. The van der Waals surface area contributed by atoms with Gasteiger partial charge in [-0.3, -0.25) is 10.8 Å². The van der Waals surface area contributed by atoms with Crippen LogP contribution in [0.5, 0.6) is 11.5 Å². The molecule has 5 nitrogen and oxygen atoms in total. The molecule has 0 spiro atoms. The number of hydrazine groups is 1. The molecule has 0 saturated carbocycles. The standard InChI is InChI=1S/C15H16ClN3O2/c16-11-3-1-6-18-15(11)14(19-17)10-4-5-12-13(9-10)21-8-2-7-20-12/h1,3-6,9,14,19H,2,7-8,17H2. The highest BCUT2D eigenvalue weighted by molar-refractivity contribution is 6.31. The van der Waals surface area contributed by atoms with Crippen LogP contribution >= 0.6 is 11.6 Å². The average molecular weight is 306 g/mol. The molecule has 1 atom stereocenters. The molecule has 1 aliphatic heterocycles. The molecule has 6 heteroatoms. The van der Waals surface area contributed by atoms with Crippen LogP contribution in [0.2, 0.25) is 5.02 Å². The maximum absolute atomic E-state index is 6.20. The highest BCUT2D eigenvalue weighted by Gasteiger charge is 2.19. The molecular formula is C15H16ClN3O2. The maximum atomic E-state index is 6.20. The Morgan fingerprint density at radius 3 is 2.76 bits per heavy atom. The second-order valence-electron chi connectivity index (χ2n) is 4.73. The largest absolute Gasteiger partial charge is 0.490 e. The molecule has 21 heavy (non-hydrogen) atoms. The number of aromatic nitrogens is 1. The monoisotopic (exact) mass is 305 g/mol. The van der Waals surface area contributed by atoms with E-state index in [2.05, 4.69) is 10.4 Å². The number of nitrogens with two attached hydrogens (primary N) is 1. The number of pyridine rings is 1. The van der Waals surface area contributed by atoms with Crippen molar-refractivity contribution in [1.82, 2.24) is 10.4 Å². The van der Waals surface area contributed by atoms with Gasteiger partial charge in [0.2, 0.25) is 0 Å². The lowest BCUT2D eigenvalue weighted by atomic mass is 10.0. The number of ether oxygens (including phenoxy) is 2. The molecule has 2 heterocycles. The molecule has 2 aromatic rings. The van der Waals surface area contributed by atoms with E-state index in [9.17, 15) is 0 Å². The molecule has 1 aromatic carbocycles. The van der Waals surface area contributed by atoms with Crippen LogP contribution in [-0.4, -0.2) is 18.2 Å². The van der Waals surface area contributed by atoms with Gasteiger partial charge in [-0.15, -0.1) is 0 Å². The van der Waals surface area contributed by atoms with Gasteiger partial charge in [0, 0.05) is 12.6 Å². The number of nitrogens with zero attached hydrogens (tertiary/aromatic N) is 1. The van der Waals surface area contributed by atoms with Crippen LogP contribution in [0.4, 0.5) is 0 Å². The molecule has 1 aromatic heterocycles. The Morgan fingerprint density at radius 1 is 1.19 bits per heavy atom. The predicted molar refractivity (Wildman–Crippen MR) is 80.5 cm³/mol. The number of benzene rings is 1. The first kappa shape index (κ1) is 14.1. The van der Waals surface area contributed by atoms with Crippen LogP contribution in [0.3, 0.4) is 0 Å². The van der Waals surface area contributed by atoms with Gasteiger partial charge in [-0.05, 0) is 29.8 Å². The SMILES string of the molecule is NNC(c1ccc2c(c1)OCCCO2)c1ncccc1Cl. The van der Waals surface area contributed by atoms with Crippen LogP contribution in [-0.2, 0) is 0 Å². The first-order chi connectivity index (χ1) is 10.3. The lowest BCUT2D eigenvalue weighted by Gasteiger charge is -2.18. The van der Waals surface area contributed by atoms with Gasteiger partial charge in [0.25, 0.3) is 0 Å². The van der Waals surface area contributed by atoms with E-state index in [1.165, 1.54) is 0 Å². The number of rotatable bonds is 3. The number of hydrogen-bond acceptors (Lipinski definition) is 5. The normalized spacial score (nSPS) is 15.3. The van der Waals surface area contributed by atoms with Crippen LogP contribution in [0, 0.1) is 0 Å². The number of halogens is 1. The van der Waals surface area contributed by atoms with E-state index in [-0.39, 0.29) is 6.04 Å². The third-order valence-corrected chi connectivity index (χ3v) is 3.65. The molecule has 0 aliphatic carbocycles. The summed E-state index contributed by atoms with van der Waals surface area (Å²) in [7, 11) is 0. The highest BCUT2D eigenvalue weighted by atomic mass is 35.5. The summed E-state index contributed by atoms with van der Waals surface area (Å²) in [5.74, 6) is 7.16. The van der Waals surface area contributed by atoms with E-state index >= 15 is 0 Å². The Morgan fingerprint density at radius 2 is 2.00 bits per heavy atom. The molecule has 3 rings (SSSR count). The van der Waals surface area contributed by atoms with Gasteiger partial charge in [-0.2, -0.15) is 0 Å². The fourth-order valence-electron chi connectivity index (χ4n) is 2.30. The minimum absolute atomic E-state index is 0.309. The van der Waals surface area contributed by atoms with Crippen LogP contribution in [0.25, 0.3) is 0 Å². The molecule has 0 fully saturated rings. The summed E-state index contributed by atoms with van der Waals surface area (Å²) >= 11 is 6.20. The van der Waals surface area contributed by atoms with Crippen molar-refractivity contribution in [3.8, 4) is 11.5 Å². The van der Waals surface area contributed by atoms with Gasteiger partial charge in [0.05, 0.1) is 30.0 Å². The molecule has 0 bridgehead atoms. The second-order valence-corrected chi connectivity index (χ2v) is 5.13. The van der Waals surface area contributed by atoms with E-state index in [0.717, 1.165) is 23.5 Å². The van der Waals surface area contributed by atoms with Crippen molar-refractivity contribution in [2.75, 3.05) is 13.2 Å². The lowest BCUT2D eigenvalue weighted by molar-refractivity contribution is 0.297. The lowest BCUT2D eigenvalue weighted by Crippen LogP contribution is -2.29. The van der Waals surface area contributed by atoms with Crippen molar-refractivity contribution in [2.45, 2.75) is 12.5 Å². The zero-order valence-corrected chi connectivity index (χ0v) is 12.1. The zero-order valence-electron chi connectivity index (χ0n) is 11.4. The molecule has 0 saturated heterocycles. The first-order valence-electron chi connectivity index (χ1n) is 6.75. The van der Waals surface area contributed by atoms with Gasteiger partial charge in [0.15, 0.2) is 11.5 Å². The quantitative estimate of drug-likeness (QED) is 0.673. The van der Waals surface area contributed by atoms with E-state index in [1.54, 1.807) is 18.3 Å². The summed E-state index contributed by atoms with van der Waals surface area (Å²) in [5, 5.41) is 0.563. The summed E-state index contributed by atoms with van der Waals surface area (Å²) in [6.45, 7) is 1.30. The molecule has 1 unspecified atom stereocenters. The van der Waals surface area contributed by atoms with Crippen molar-refractivity contribution < 1.29 is 9.47 Å². The van der Waals surface area contributed by atoms with Crippen molar-refractivity contribution in [3.63, 3.8) is 0 Å². The molecule has 3 N–H and O–H groups in total. The molecule has 1 aliphatic rings. The molecule has 110 valence electrons. The summed E-state index contributed by atoms with van der Waals surface area (Å²) in [6.07, 6.45) is 2.56. The van der Waals surface area contributed by atoms with Crippen molar-refractivity contribution >= 4 is 11.6 Å². The Labute approximate surface area is 128 Å². The van der Waals surface area contributed by atoms with E-state index < -0.39 is 0 Å². The number of hydrogen-bond donors (Lipinski definition) is 2. The summed E-state index contributed by atoms with van der Waals surface area (Å²) in [4.78, 5) is 4.31. The number of fused-ring (bicyclic) bond motifs is 1. The van der Waals surface area contributed by atoms with Gasteiger partial charge in [-0.1, -0.05) is 17.7 Å². The van der Waals surface area contributed by atoms with Crippen molar-refractivity contribution in [2.24, 2.45) is 5.84 Å². The Hall–Kier alpha value is -1.82. The van der Waals surface area contributed by atoms with E-state index in [4.69, 9.17) is 26.9 Å². The van der Waals surface area contributed by atoms with Gasteiger partial charge < -0.3 is 9.47 Å². The minimum atomic E-state index is -0.309. The minimum Gasteiger partial charge on any atom is -0.490 e. The fraction of sp³-hybridized carbons (Fsp3) is 0.267. The van der Waals surface area contributed by atoms with Gasteiger partial charge in [0.1, 0.15) is 0 Å². The summed E-state index contributed by atoms with van der Waals surface area (Å²) in [5.41, 5.74) is 4.35. The van der Waals surface area contributed by atoms with Gasteiger partial charge in [-0.25, -0.2) is 5.43 Å². The second kappa shape index (κ2) is 6.30. The molecule has 0 radical (unpaired) electrons. The predicted octanol–water partition coefficient (Wildman–Crippen LogP) is 2.45. The molecular weight excluding hydrogens is 290 g/mol. The number of nitrogens with one attached hydrogen (secondary N) is 1. The fourth-order valence-corrected chi connectivity index (χ4v) is 2.53. The third-order valence-electron chi connectivity index (χ3n) is 3.33. The zero-order chi connectivity index (χ0) is 14.7. The summed E-state index contributed by atoms with van der Waals surface area (Å²) < 4.78 is 11.3. The van der Waals surface area contributed by atoms with E-state index in [0.29, 0.717) is 23.9 Å². The summed E-state index contributed by atoms with van der Waals surface area (Å²) in [6, 6.07) is 9.00. The van der Waals surface area contributed by atoms with Crippen molar-refractivity contribution in [3.05, 3.63) is 52.8 Å². The van der Waals surface area contributed by atoms with Crippen molar-refractivity contribution in [1.29, 1.82) is 0 Å². The average Bonchev–Trinajstić information content (AvgIpc) is 2.75. The Balaban J connectivity index is 1.98. The van der Waals surface area contributed by atoms with Gasteiger partial charge >= 0.3 is 0 Å². The highest BCUT2D eigenvalue weighted by Crippen LogP contribution is 2.34. The van der Waals surface area contributed by atoms with E-state index in [1.807, 2.05) is 18.2 Å².